The lowest BCUT2D eigenvalue weighted by Crippen LogP contribution is -2.38. The van der Waals surface area contributed by atoms with E-state index in [0.717, 1.165) is 22.9 Å². The van der Waals surface area contributed by atoms with Crippen molar-refractivity contribution in [1.29, 1.82) is 0 Å². The number of cyclic esters (lactones) is 1. The Hall–Kier alpha value is -2.00. The van der Waals surface area contributed by atoms with Crippen molar-refractivity contribution < 1.29 is 18.7 Å². The van der Waals surface area contributed by atoms with Crippen molar-refractivity contribution in [1.82, 2.24) is 10.2 Å². The molecule has 0 fully saturated rings. The van der Waals surface area contributed by atoms with Gasteiger partial charge in [0.2, 0.25) is 5.13 Å². The number of fused-ring (bicyclic) bond motifs is 1. The molecule has 1 aliphatic rings. The van der Waals surface area contributed by atoms with Gasteiger partial charge in [-0.2, -0.15) is 0 Å². The molecule has 0 saturated carbocycles. The Balaban J connectivity index is 1.63. The molecule has 1 unspecified atom stereocenters. The van der Waals surface area contributed by atoms with Crippen molar-refractivity contribution in [2.45, 2.75) is 36.6 Å². The molecule has 6 nitrogen and oxygen atoms in total. The molecule has 1 amide bonds. The molecule has 9 heteroatoms. The number of ether oxygens (including phenoxy) is 1. The van der Waals surface area contributed by atoms with Crippen LogP contribution >= 0.6 is 23.1 Å². The van der Waals surface area contributed by atoms with Crippen LogP contribution in [0.15, 0.2) is 22.5 Å². The number of carbonyl (C=O) groups is 2. The molecule has 2 aromatic rings. The van der Waals surface area contributed by atoms with Crippen LogP contribution in [-0.4, -0.2) is 33.9 Å². The summed E-state index contributed by atoms with van der Waals surface area (Å²) in [5.41, 5.74) is 0.750. The lowest BCUT2D eigenvalue weighted by molar-refractivity contribution is -0.125. The van der Waals surface area contributed by atoms with Crippen LogP contribution in [-0.2, 0) is 16.0 Å². The molecule has 0 radical (unpaired) electrons. The van der Waals surface area contributed by atoms with E-state index in [-0.39, 0.29) is 12.0 Å². The van der Waals surface area contributed by atoms with Gasteiger partial charge in [-0.1, -0.05) is 36.4 Å². The molecule has 0 saturated heterocycles. The number of aromatic nitrogens is 2. The number of nitrogens with zero attached hydrogens (tertiary/aromatic N) is 2. The molecular weight excluding hydrogens is 365 g/mol. The van der Waals surface area contributed by atoms with E-state index in [0.29, 0.717) is 10.7 Å². The Kier molecular flexibility index (Phi) is 5.64. The maximum atomic E-state index is 13.4. The molecule has 1 aromatic carbocycles. The van der Waals surface area contributed by atoms with Crippen LogP contribution in [0.5, 0.6) is 0 Å². The Labute approximate surface area is 152 Å². The fourth-order valence-electron chi connectivity index (χ4n) is 2.32. The minimum atomic E-state index is -1.01. The molecule has 1 aromatic heterocycles. The predicted octanol–water partition coefficient (Wildman–Crippen LogP) is 3.29. The van der Waals surface area contributed by atoms with Gasteiger partial charge in [0.15, 0.2) is 10.4 Å². The third kappa shape index (κ3) is 4.35. The predicted molar refractivity (Wildman–Crippen MR) is 93.5 cm³/mol. The summed E-state index contributed by atoms with van der Waals surface area (Å²) in [4.78, 5) is 24.3. The second-order valence-electron chi connectivity index (χ2n) is 5.46. The minimum absolute atomic E-state index is 0.127. The number of esters is 1. The highest BCUT2D eigenvalue weighted by Crippen LogP contribution is 2.27. The van der Waals surface area contributed by atoms with Crippen molar-refractivity contribution in [2.75, 3.05) is 11.1 Å². The first-order chi connectivity index (χ1) is 12.1. The number of rotatable bonds is 6. The zero-order chi connectivity index (χ0) is 17.8. The number of halogens is 1. The van der Waals surface area contributed by atoms with Crippen LogP contribution in [0.2, 0.25) is 0 Å². The normalized spacial score (nSPS) is 16.2. The lowest BCUT2D eigenvalue weighted by atomic mass is 9.98. The third-order valence-electron chi connectivity index (χ3n) is 3.59. The fourth-order valence-corrected chi connectivity index (χ4v) is 4.23. The summed E-state index contributed by atoms with van der Waals surface area (Å²) in [5, 5.41) is 10.9. The van der Waals surface area contributed by atoms with Gasteiger partial charge in [0.05, 0.1) is 5.56 Å². The number of hydrogen-bond donors (Lipinski definition) is 1. The number of amides is 1. The van der Waals surface area contributed by atoms with Crippen LogP contribution in [0.3, 0.4) is 0 Å². The van der Waals surface area contributed by atoms with Gasteiger partial charge in [0.25, 0.3) is 5.91 Å². The van der Waals surface area contributed by atoms with E-state index in [9.17, 15) is 14.0 Å². The number of anilines is 1. The Morgan fingerprint density at radius 1 is 1.48 bits per heavy atom. The summed E-state index contributed by atoms with van der Waals surface area (Å²) in [6.45, 7) is 2.11. The van der Waals surface area contributed by atoms with Crippen LogP contribution in [0.4, 0.5) is 9.52 Å². The van der Waals surface area contributed by atoms with Crippen molar-refractivity contribution in [3.8, 4) is 0 Å². The summed E-state index contributed by atoms with van der Waals surface area (Å²) in [5.74, 6) is -0.633. The summed E-state index contributed by atoms with van der Waals surface area (Å²) in [7, 11) is 0. The van der Waals surface area contributed by atoms with Gasteiger partial charge in [0, 0.05) is 12.2 Å². The van der Waals surface area contributed by atoms with Crippen molar-refractivity contribution >= 4 is 40.1 Å². The fraction of sp³-hybridized carbons (Fsp3) is 0.375. The van der Waals surface area contributed by atoms with Gasteiger partial charge in [-0.05, 0) is 30.2 Å². The van der Waals surface area contributed by atoms with Crippen molar-refractivity contribution in [3.63, 3.8) is 0 Å². The largest absolute Gasteiger partial charge is 0.448 e. The molecular formula is C16H16FN3O3S2. The summed E-state index contributed by atoms with van der Waals surface area (Å²) in [6.07, 6.45) is 1.30. The van der Waals surface area contributed by atoms with E-state index in [1.165, 1.54) is 29.5 Å². The maximum absolute atomic E-state index is 13.4. The van der Waals surface area contributed by atoms with Crippen molar-refractivity contribution in [2.24, 2.45) is 0 Å². The van der Waals surface area contributed by atoms with E-state index in [2.05, 4.69) is 22.4 Å². The highest BCUT2D eigenvalue weighted by Gasteiger charge is 2.32. The Bertz CT molecular complexity index is 797. The molecule has 25 heavy (non-hydrogen) atoms. The number of unbranched alkanes of at least 4 members (excludes halogenated alkanes) is 1. The average Bonchev–Trinajstić information content (AvgIpc) is 3.02. The minimum Gasteiger partial charge on any atom is -0.448 e. The molecule has 132 valence electrons. The molecule has 0 aliphatic carbocycles. The van der Waals surface area contributed by atoms with E-state index in [1.54, 1.807) is 11.8 Å². The first-order valence-corrected chi connectivity index (χ1v) is 9.63. The van der Waals surface area contributed by atoms with Gasteiger partial charge in [-0.25, -0.2) is 9.18 Å². The van der Waals surface area contributed by atoms with E-state index in [1.807, 2.05) is 0 Å². The van der Waals surface area contributed by atoms with Gasteiger partial charge >= 0.3 is 5.97 Å². The van der Waals surface area contributed by atoms with Crippen LogP contribution < -0.4 is 5.32 Å². The van der Waals surface area contributed by atoms with Gasteiger partial charge < -0.3 is 4.74 Å². The summed E-state index contributed by atoms with van der Waals surface area (Å²) in [6, 6.07) is 3.81. The Morgan fingerprint density at radius 2 is 2.32 bits per heavy atom. The third-order valence-corrected chi connectivity index (χ3v) is 5.65. The highest BCUT2D eigenvalue weighted by molar-refractivity contribution is 8.01. The molecule has 1 N–H and O–H groups in total. The smallest absolute Gasteiger partial charge is 0.339 e. The van der Waals surface area contributed by atoms with Gasteiger partial charge in [0.1, 0.15) is 5.82 Å². The lowest BCUT2D eigenvalue weighted by Gasteiger charge is -2.23. The molecule has 2 heterocycles. The van der Waals surface area contributed by atoms with Crippen LogP contribution in [0.25, 0.3) is 0 Å². The molecule has 0 spiro atoms. The van der Waals surface area contributed by atoms with Crippen molar-refractivity contribution in [3.05, 3.63) is 35.1 Å². The van der Waals surface area contributed by atoms with E-state index in [4.69, 9.17) is 4.74 Å². The number of hydrogen-bond acceptors (Lipinski definition) is 7. The molecule has 1 atom stereocenters. The summed E-state index contributed by atoms with van der Waals surface area (Å²) >= 11 is 2.86. The number of nitrogens with one attached hydrogen (secondary N) is 1. The SMILES string of the molecule is CCCCSc1nnc(NC(=O)C2Cc3cc(F)ccc3C(=O)O2)s1. The molecule has 1 aliphatic heterocycles. The average molecular weight is 381 g/mol. The topological polar surface area (TPSA) is 81.2 Å². The number of benzene rings is 1. The van der Waals surface area contributed by atoms with Crippen LogP contribution in [0.1, 0.15) is 35.7 Å². The van der Waals surface area contributed by atoms with E-state index < -0.39 is 23.8 Å². The first kappa shape index (κ1) is 17.8. The maximum Gasteiger partial charge on any atom is 0.339 e. The van der Waals surface area contributed by atoms with Gasteiger partial charge in [-0.15, -0.1) is 10.2 Å². The second-order valence-corrected chi connectivity index (χ2v) is 7.78. The van der Waals surface area contributed by atoms with E-state index >= 15 is 0 Å². The Morgan fingerprint density at radius 3 is 3.12 bits per heavy atom. The van der Waals surface area contributed by atoms with Crippen LogP contribution in [0, 0.1) is 5.82 Å². The second kappa shape index (κ2) is 7.92. The number of carbonyl (C=O) groups excluding carboxylic acids is 2. The monoisotopic (exact) mass is 381 g/mol. The molecule has 0 bridgehead atoms. The zero-order valence-electron chi connectivity index (χ0n) is 13.5. The van der Waals surface area contributed by atoms with Gasteiger partial charge in [-0.3, -0.25) is 10.1 Å². The standard InChI is InChI=1S/C16H16FN3O3S2/c1-2-3-6-24-16-20-19-15(25-16)18-13(21)12-8-9-7-10(17)4-5-11(9)14(22)23-12/h4-5,7,12H,2-3,6,8H2,1H3,(H,18,19,21). The summed E-state index contributed by atoms with van der Waals surface area (Å²) < 4.78 is 19.3. The zero-order valence-corrected chi connectivity index (χ0v) is 15.1. The highest BCUT2D eigenvalue weighted by atomic mass is 32.2. The number of thioether (sulfide) groups is 1. The molecule has 3 rings (SSSR count). The first-order valence-electron chi connectivity index (χ1n) is 7.83. The quantitative estimate of drug-likeness (QED) is 0.358.